The fraction of sp³-hybridized carbons (Fsp3) is 0.364. The molecule has 0 bridgehead atoms. The SMILES string of the molecule is O=C1CCCN(S(=O)(=O)c2ccc(Cl)cc2)C1. The van der Waals surface area contributed by atoms with Crippen LogP contribution in [0.3, 0.4) is 0 Å². The minimum atomic E-state index is -3.56. The Morgan fingerprint density at radius 2 is 1.82 bits per heavy atom. The summed E-state index contributed by atoms with van der Waals surface area (Å²) in [5.41, 5.74) is 0. The second-order valence-corrected chi connectivity index (χ2v) is 6.31. The summed E-state index contributed by atoms with van der Waals surface area (Å²) in [6.07, 6.45) is 1.05. The second kappa shape index (κ2) is 4.76. The van der Waals surface area contributed by atoms with Gasteiger partial charge < -0.3 is 0 Å². The molecule has 0 unspecified atom stereocenters. The van der Waals surface area contributed by atoms with Crippen LogP contribution in [0.25, 0.3) is 0 Å². The molecule has 1 aliphatic heterocycles. The van der Waals surface area contributed by atoms with E-state index >= 15 is 0 Å². The number of sulfonamides is 1. The molecular weight excluding hydrogens is 262 g/mol. The standard InChI is InChI=1S/C11H12ClNO3S/c12-9-3-5-11(6-4-9)17(15,16)13-7-1-2-10(14)8-13/h3-6H,1-2,7-8H2. The van der Waals surface area contributed by atoms with Gasteiger partial charge in [0.1, 0.15) is 5.78 Å². The summed E-state index contributed by atoms with van der Waals surface area (Å²) in [6.45, 7) is 0.377. The van der Waals surface area contributed by atoms with Gasteiger partial charge in [-0.3, -0.25) is 4.79 Å². The van der Waals surface area contributed by atoms with E-state index in [0.29, 0.717) is 24.4 Å². The van der Waals surface area contributed by atoms with E-state index in [9.17, 15) is 13.2 Å². The minimum Gasteiger partial charge on any atom is -0.298 e. The van der Waals surface area contributed by atoms with Crippen LogP contribution in [-0.4, -0.2) is 31.6 Å². The van der Waals surface area contributed by atoms with Gasteiger partial charge in [0.2, 0.25) is 10.0 Å². The van der Waals surface area contributed by atoms with Crippen molar-refractivity contribution in [1.82, 2.24) is 4.31 Å². The first kappa shape index (κ1) is 12.5. The third-order valence-corrected chi connectivity index (χ3v) is 4.78. The second-order valence-electron chi connectivity index (χ2n) is 3.93. The number of ketones is 1. The van der Waals surface area contributed by atoms with Crippen LogP contribution >= 0.6 is 11.6 Å². The minimum absolute atomic E-state index is 0.0229. The highest BCUT2D eigenvalue weighted by Gasteiger charge is 2.28. The van der Waals surface area contributed by atoms with Crippen LogP contribution in [0.5, 0.6) is 0 Å². The summed E-state index contributed by atoms with van der Waals surface area (Å²) in [6, 6.07) is 5.97. The van der Waals surface area contributed by atoms with Crippen LogP contribution < -0.4 is 0 Å². The number of Topliss-reactive ketones (excluding diaryl/α,β-unsaturated/α-hetero) is 1. The summed E-state index contributed by atoms with van der Waals surface area (Å²) in [5, 5.41) is 0.485. The fourth-order valence-electron chi connectivity index (χ4n) is 1.77. The number of nitrogens with zero attached hydrogens (tertiary/aromatic N) is 1. The normalized spacial score (nSPS) is 18.3. The van der Waals surface area contributed by atoms with E-state index < -0.39 is 10.0 Å². The molecule has 0 amide bonds. The number of carbonyl (C=O) groups excluding carboxylic acids is 1. The molecule has 1 saturated heterocycles. The van der Waals surface area contributed by atoms with E-state index in [4.69, 9.17) is 11.6 Å². The molecule has 0 aromatic heterocycles. The lowest BCUT2D eigenvalue weighted by molar-refractivity contribution is -0.120. The largest absolute Gasteiger partial charge is 0.298 e. The molecule has 6 heteroatoms. The molecule has 1 aromatic rings. The van der Waals surface area contributed by atoms with Gasteiger partial charge in [0.25, 0.3) is 0 Å². The number of benzene rings is 1. The Labute approximate surface area is 105 Å². The van der Waals surface area contributed by atoms with E-state index in [1.165, 1.54) is 28.6 Å². The molecule has 0 atom stereocenters. The zero-order chi connectivity index (χ0) is 12.5. The molecule has 0 N–H and O–H groups in total. The van der Waals surface area contributed by atoms with Gasteiger partial charge in [-0.15, -0.1) is 0 Å². The molecule has 4 nitrogen and oxygen atoms in total. The average molecular weight is 274 g/mol. The molecule has 1 heterocycles. The molecule has 1 aromatic carbocycles. The Hall–Kier alpha value is -0.910. The van der Waals surface area contributed by atoms with Crippen molar-refractivity contribution in [2.45, 2.75) is 17.7 Å². The Balaban J connectivity index is 2.29. The number of carbonyl (C=O) groups is 1. The highest BCUT2D eigenvalue weighted by atomic mass is 35.5. The summed E-state index contributed by atoms with van der Waals surface area (Å²) in [4.78, 5) is 11.5. The summed E-state index contributed by atoms with van der Waals surface area (Å²) >= 11 is 5.71. The van der Waals surface area contributed by atoms with E-state index in [-0.39, 0.29) is 17.2 Å². The quantitative estimate of drug-likeness (QED) is 0.824. The van der Waals surface area contributed by atoms with Crippen molar-refractivity contribution < 1.29 is 13.2 Å². The van der Waals surface area contributed by atoms with Crippen molar-refractivity contribution in [3.05, 3.63) is 29.3 Å². The van der Waals surface area contributed by atoms with Gasteiger partial charge in [0, 0.05) is 18.0 Å². The van der Waals surface area contributed by atoms with Crippen molar-refractivity contribution >= 4 is 27.4 Å². The van der Waals surface area contributed by atoms with Crippen molar-refractivity contribution in [2.24, 2.45) is 0 Å². The van der Waals surface area contributed by atoms with Crippen LogP contribution in [0.1, 0.15) is 12.8 Å². The highest BCUT2D eigenvalue weighted by molar-refractivity contribution is 7.89. The molecule has 0 aliphatic carbocycles. The Kier molecular flexibility index (Phi) is 3.51. The summed E-state index contributed by atoms with van der Waals surface area (Å²) < 4.78 is 25.6. The maximum Gasteiger partial charge on any atom is 0.243 e. The van der Waals surface area contributed by atoms with Gasteiger partial charge in [-0.1, -0.05) is 11.6 Å². The smallest absolute Gasteiger partial charge is 0.243 e. The van der Waals surface area contributed by atoms with Crippen molar-refractivity contribution in [2.75, 3.05) is 13.1 Å². The number of hydrogen-bond acceptors (Lipinski definition) is 3. The summed E-state index contributed by atoms with van der Waals surface area (Å²) in [7, 11) is -3.56. The monoisotopic (exact) mass is 273 g/mol. The van der Waals surface area contributed by atoms with Crippen molar-refractivity contribution in [1.29, 1.82) is 0 Å². The molecule has 2 rings (SSSR count). The molecular formula is C11H12ClNO3S. The maximum atomic E-state index is 12.2. The Morgan fingerprint density at radius 3 is 2.41 bits per heavy atom. The van der Waals surface area contributed by atoms with Gasteiger partial charge in [0.05, 0.1) is 11.4 Å². The van der Waals surface area contributed by atoms with Gasteiger partial charge in [0.15, 0.2) is 0 Å². The Bertz CT molecular complexity index is 524. The third-order valence-electron chi connectivity index (χ3n) is 2.67. The van der Waals surface area contributed by atoms with E-state index in [1.807, 2.05) is 0 Å². The zero-order valence-electron chi connectivity index (χ0n) is 9.10. The zero-order valence-corrected chi connectivity index (χ0v) is 10.7. The average Bonchev–Trinajstić information content (AvgIpc) is 2.29. The van der Waals surface area contributed by atoms with Gasteiger partial charge in [-0.05, 0) is 30.7 Å². The molecule has 92 valence electrons. The van der Waals surface area contributed by atoms with Gasteiger partial charge >= 0.3 is 0 Å². The molecule has 0 radical (unpaired) electrons. The predicted octanol–water partition coefficient (Wildman–Crippen LogP) is 1.69. The van der Waals surface area contributed by atoms with Crippen LogP contribution in [0.4, 0.5) is 0 Å². The first-order valence-corrected chi connectivity index (χ1v) is 7.09. The number of piperidine rings is 1. The van der Waals surface area contributed by atoms with Gasteiger partial charge in [-0.25, -0.2) is 8.42 Å². The first-order chi connectivity index (χ1) is 8.00. The fourth-order valence-corrected chi connectivity index (χ4v) is 3.36. The lowest BCUT2D eigenvalue weighted by Gasteiger charge is -2.25. The number of halogens is 1. The maximum absolute atomic E-state index is 12.2. The van der Waals surface area contributed by atoms with Gasteiger partial charge in [-0.2, -0.15) is 4.31 Å². The molecule has 1 aliphatic rings. The molecule has 17 heavy (non-hydrogen) atoms. The lowest BCUT2D eigenvalue weighted by Crippen LogP contribution is -2.40. The van der Waals surface area contributed by atoms with Crippen molar-refractivity contribution in [3.63, 3.8) is 0 Å². The topological polar surface area (TPSA) is 54.5 Å². The summed E-state index contributed by atoms with van der Waals surface area (Å²) in [5.74, 6) is -0.0335. The van der Waals surface area contributed by atoms with Crippen LogP contribution in [0.2, 0.25) is 5.02 Å². The van der Waals surface area contributed by atoms with Crippen LogP contribution in [0, 0.1) is 0 Å². The number of hydrogen-bond donors (Lipinski definition) is 0. The van der Waals surface area contributed by atoms with E-state index in [1.54, 1.807) is 0 Å². The van der Waals surface area contributed by atoms with Crippen molar-refractivity contribution in [3.8, 4) is 0 Å². The first-order valence-electron chi connectivity index (χ1n) is 5.27. The third kappa shape index (κ3) is 2.68. The highest BCUT2D eigenvalue weighted by Crippen LogP contribution is 2.20. The lowest BCUT2D eigenvalue weighted by atomic mass is 10.1. The molecule has 1 fully saturated rings. The molecule has 0 spiro atoms. The van der Waals surface area contributed by atoms with Crippen LogP contribution in [0.15, 0.2) is 29.2 Å². The number of rotatable bonds is 2. The van der Waals surface area contributed by atoms with E-state index in [2.05, 4.69) is 0 Å². The molecule has 0 saturated carbocycles. The van der Waals surface area contributed by atoms with Crippen LogP contribution in [-0.2, 0) is 14.8 Å². The van der Waals surface area contributed by atoms with E-state index in [0.717, 1.165) is 0 Å². The predicted molar refractivity (Wildman–Crippen MR) is 64.5 cm³/mol. The Morgan fingerprint density at radius 1 is 1.18 bits per heavy atom.